The molecule has 1 fully saturated rings. The highest BCUT2D eigenvalue weighted by Gasteiger charge is 2.34. The van der Waals surface area contributed by atoms with Crippen LogP contribution in [0.15, 0.2) is 12.3 Å². The summed E-state index contributed by atoms with van der Waals surface area (Å²) in [6.45, 7) is 6.97. The maximum atomic E-state index is 13.7. The summed E-state index contributed by atoms with van der Waals surface area (Å²) in [6, 6.07) is 1.92. The molecule has 4 nitrogen and oxygen atoms in total. The number of esters is 1. The third kappa shape index (κ3) is 4.53. The van der Waals surface area contributed by atoms with Crippen LogP contribution in [0, 0.1) is 24.7 Å². The van der Waals surface area contributed by atoms with Gasteiger partial charge < -0.3 is 9.47 Å². The third-order valence-electron chi connectivity index (χ3n) is 5.06. The van der Waals surface area contributed by atoms with Crippen molar-refractivity contribution in [1.82, 2.24) is 4.98 Å². The Labute approximate surface area is 143 Å². The van der Waals surface area contributed by atoms with Gasteiger partial charge in [-0.25, -0.2) is 4.98 Å². The molecule has 0 bridgehead atoms. The molecule has 1 saturated carbocycles. The van der Waals surface area contributed by atoms with Crippen molar-refractivity contribution in [3.63, 3.8) is 0 Å². The Morgan fingerprint density at radius 3 is 2.62 bits per heavy atom. The van der Waals surface area contributed by atoms with Crippen LogP contribution in [0.2, 0.25) is 0 Å². The number of pyridine rings is 1. The summed E-state index contributed by atoms with van der Waals surface area (Å²) in [4.78, 5) is 15.9. The molecule has 24 heavy (non-hydrogen) atoms. The second-order valence-corrected chi connectivity index (χ2v) is 6.45. The van der Waals surface area contributed by atoms with E-state index in [0.717, 1.165) is 31.2 Å². The van der Waals surface area contributed by atoms with Gasteiger partial charge in [-0.05, 0) is 69.9 Å². The van der Waals surface area contributed by atoms with E-state index >= 15 is 0 Å². The average Bonchev–Trinajstić information content (AvgIpc) is 2.59. The molecule has 1 aliphatic carbocycles. The van der Waals surface area contributed by atoms with Gasteiger partial charge >= 0.3 is 5.97 Å². The smallest absolute Gasteiger partial charge is 0.311 e. The van der Waals surface area contributed by atoms with Crippen molar-refractivity contribution < 1.29 is 18.7 Å². The number of hydrogen-bond acceptors (Lipinski definition) is 4. The van der Waals surface area contributed by atoms with E-state index in [1.807, 2.05) is 19.9 Å². The minimum atomic E-state index is -0.379. The first-order chi connectivity index (χ1) is 11.6. The molecule has 1 aromatic rings. The van der Waals surface area contributed by atoms with Crippen molar-refractivity contribution in [2.75, 3.05) is 19.8 Å². The fraction of sp³-hybridized carbons (Fsp3) is 0.684. The largest absolute Gasteiger partial charge is 0.466 e. The topological polar surface area (TPSA) is 48.4 Å². The van der Waals surface area contributed by atoms with Gasteiger partial charge in [0.2, 0.25) is 5.95 Å². The molecule has 1 unspecified atom stereocenters. The quantitative estimate of drug-likeness (QED) is 0.557. The lowest BCUT2D eigenvalue weighted by molar-refractivity contribution is -0.153. The molecule has 0 radical (unpaired) electrons. The zero-order valence-corrected chi connectivity index (χ0v) is 14.9. The maximum Gasteiger partial charge on any atom is 0.311 e. The number of nitrogens with zero attached hydrogens (tertiary/aromatic N) is 1. The van der Waals surface area contributed by atoms with Crippen LogP contribution in [0.3, 0.4) is 0 Å². The van der Waals surface area contributed by atoms with Crippen LogP contribution in [0.4, 0.5) is 4.39 Å². The number of aromatic nitrogens is 1. The van der Waals surface area contributed by atoms with E-state index in [0.29, 0.717) is 31.3 Å². The molecule has 0 amide bonds. The predicted octanol–water partition coefficient (Wildman–Crippen LogP) is 4.02. The van der Waals surface area contributed by atoms with Crippen LogP contribution in [0.1, 0.15) is 56.6 Å². The number of ether oxygens (including phenoxy) is 2. The summed E-state index contributed by atoms with van der Waals surface area (Å²) < 4.78 is 24.4. The van der Waals surface area contributed by atoms with Gasteiger partial charge in [-0.1, -0.05) is 0 Å². The Bertz CT molecular complexity index is 541. The van der Waals surface area contributed by atoms with Crippen molar-refractivity contribution in [1.29, 1.82) is 0 Å². The number of hydrogen-bond donors (Lipinski definition) is 0. The van der Waals surface area contributed by atoms with Gasteiger partial charge in [0.25, 0.3) is 0 Å². The first-order valence-electron chi connectivity index (χ1n) is 8.93. The molecular weight excluding hydrogens is 309 g/mol. The zero-order chi connectivity index (χ0) is 17.5. The second kappa shape index (κ2) is 9.11. The summed E-state index contributed by atoms with van der Waals surface area (Å²) in [5.74, 6) is -0.107. The minimum Gasteiger partial charge on any atom is -0.466 e. The van der Waals surface area contributed by atoms with E-state index in [1.165, 1.54) is 0 Å². The van der Waals surface area contributed by atoms with Gasteiger partial charge in [0.15, 0.2) is 0 Å². The van der Waals surface area contributed by atoms with Crippen LogP contribution in [0.5, 0.6) is 0 Å². The van der Waals surface area contributed by atoms with E-state index in [1.54, 1.807) is 13.1 Å². The lowest BCUT2D eigenvalue weighted by Gasteiger charge is -2.33. The van der Waals surface area contributed by atoms with Crippen LogP contribution < -0.4 is 0 Å². The van der Waals surface area contributed by atoms with Crippen LogP contribution in [-0.4, -0.2) is 30.8 Å². The molecule has 0 aliphatic heterocycles. The average molecular weight is 337 g/mol. The van der Waals surface area contributed by atoms with Crippen molar-refractivity contribution in [2.24, 2.45) is 11.8 Å². The molecular formula is C19H28FNO3. The van der Waals surface area contributed by atoms with Gasteiger partial charge in [0, 0.05) is 18.4 Å². The predicted molar refractivity (Wildman–Crippen MR) is 90.2 cm³/mol. The summed E-state index contributed by atoms with van der Waals surface area (Å²) in [7, 11) is 0. The van der Waals surface area contributed by atoms with Crippen LogP contribution in [-0.2, 0) is 14.3 Å². The second-order valence-electron chi connectivity index (χ2n) is 6.45. The van der Waals surface area contributed by atoms with Gasteiger partial charge in [0.05, 0.1) is 19.1 Å². The summed E-state index contributed by atoms with van der Waals surface area (Å²) in [6.07, 6.45) is 5.32. The van der Waals surface area contributed by atoms with Gasteiger partial charge in [0.1, 0.15) is 0 Å². The molecule has 134 valence electrons. The summed E-state index contributed by atoms with van der Waals surface area (Å²) >= 11 is 0. The van der Waals surface area contributed by atoms with Gasteiger partial charge in [-0.15, -0.1) is 0 Å². The molecule has 0 aromatic carbocycles. The van der Waals surface area contributed by atoms with Crippen molar-refractivity contribution in [3.05, 3.63) is 29.3 Å². The highest BCUT2D eigenvalue weighted by atomic mass is 19.1. The van der Waals surface area contributed by atoms with E-state index < -0.39 is 0 Å². The zero-order valence-electron chi connectivity index (χ0n) is 14.9. The molecule has 0 spiro atoms. The first-order valence-corrected chi connectivity index (χ1v) is 8.93. The highest BCUT2D eigenvalue weighted by molar-refractivity contribution is 5.73. The molecule has 1 heterocycles. The minimum absolute atomic E-state index is 0.152. The lowest BCUT2D eigenvalue weighted by atomic mass is 9.73. The number of rotatable bonds is 7. The molecule has 0 N–H and O–H groups in total. The Morgan fingerprint density at radius 2 is 2.00 bits per heavy atom. The van der Waals surface area contributed by atoms with Gasteiger partial charge in [-0.2, -0.15) is 4.39 Å². The molecule has 0 saturated heterocycles. The normalized spacial score (nSPS) is 22.2. The molecule has 1 aliphatic rings. The fourth-order valence-electron chi connectivity index (χ4n) is 3.69. The highest BCUT2D eigenvalue weighted by Crippen LogP contribution is 2.40. The lowest BCUT2D eigenvalue weighted by Crippen LogP contribution is -2.32. The van der Waals surface area contributed by atoms with Gasteiger partial charge in [-0.3, -0.25) is 4.79 Å². The third-order valence-corrected chi connectivity index (χ3v) is 5.06. The standard InChI is InChI=1S/C19H28FNO3/c1-4-23-12-17(19(22)24-5-2)15-8-6-14(7-9-15)16-10-11-21-18(20)13(16)3/h10-11,14-15,17H,4-9,12H2,1-3H3/t14-,15+,17?. The Kier molecular flexibility index (Phi) is 7.16. The SMILES string of the molecule is CCOCC(C(=O)OCC)[C@H]1CC[C@@H](c2ccnc(F)c2C)CC1. The van der Waals surface area contributed by atoms with E-state index in [2.05, 4.69) is 4.98 Å². The Morgan fingerprint density at radius 1 is 1.29 bits per heavy atom. The molecule has 1 aromatic heterocycles. The van der Waals surface area contributed by atoms with Crippen LogP contribution >= 0.6 is 0 Å². The van der Waals surface area contributed by atoms with E-state index in [9.17, 15) is 9.18 Å². The van der Waals surface area contributed by atoms with E-state index in [4.69, 9.17) is 9.47 Å². The van der Waals surface area contributed by atoms with Crippen LogP contribution in [0.25, 0.3) is 0 Å². The fourth-order valence-corrected chi connectivity index (χ4v) is 3.69. The molecule has 2 rings (SSSR count). The number of halogens is 1. The summed E-state index contributed by atoms with van der Waals surface area (Å²) in [5.41, 5.74) is 1.70. The number of carbonyl (C=O) groups excluding carboxylic acids is 1. The summed E-state index contributed by atoms with van der Waals surface area (Å²) in [5, 5.41) is 0. The Hall–Kier alpha value is -1.49. The van der Waals surface area contributed by atoms with Crippen molar-refractivity contribution in [2.45, 2.75) is 52.4 Å². The monoisotopic (exact) mass is 337 g/mol. The van der Waals surface area contributed by atoms with E-state index in [-0.39, 0.29) is 23.8 Å². The Balaban J connectivity index is 2.01. The first kappa shape index (κ1) is 18.8. The maximum absolute atomic E-state index is 13.7. The number of carbonyl (C=O) groups is 1. The van der Waals surface area contributed by atoms with Crippen molar-refractivity contribution in [3.8, 4) is 0 Å². The molecule has 1 atom stereocenters. The molecule has 5 heteroatoms. The van der Waals surface area contributed by atoms with Crippen molar-refractivity contribution >= 4 is 5.97 Å².